The normalized spacial score (nSPS) is 13.9. The molecule has 17 heavy (non-hydrogen) atoms. The number of nitrogens with zero attached hydrogens (tertiary/aromatic N) is 1. The Morgan fingerprint density at radius 3 is 2.53 bits per heavy atom. The van der Waals surface area contributed by atoms with Gasteiger partial charge in [-0.05, 0) is 13.8 Å². The lowest BCUT2D eigenvalue weighted by Crippen LogP contribution is -2.49. The third-order valence-electron chi connectivity index (χ3n) is 2.17. The van der Waals surface area contributed by atoms with Gasteiger partial charge in [0.1, 0.15) is 0 Å². The van der Waals surface area contributed by atoms with E-state index in [0.717, 1.165) is 6.92 Å². The first-order valence-electron chi connectivity index (χ1n) is 5.33. The SMILES string of the molecule is CCOCCN(C)C(=O)NCC(C)(O)C(=O)O. The van der Waals surface area contributed by atoms with Crippen molar-refractivity contribution in [3.8, 4) is 0 Å². The van der Waals surface area contributed by atoms with Crippen LogP contribution in [0.1, 0.15) is 13.8 Å². The van der Waals surface area contributed by atoms with Gasteiger partial charge in [0.2, 0.25) is 0 Å². The summed E-state index contributed by atoms with van der Waals surface area (Å²) >= 11 is 0. The summed E-state index contributed by atoms with van der Waals surface area (Å²) in [7, 11) is 1.56. The number of carbonyl (C=O) groups excluding carboxylic acids is 1. The Bertz CT molecular complexity index is 267. The van der Waals surface area contributed by atoms with Crippen molar-refractivity contribution in [3.05, 3.63) is 0 Å². The third kappa shape index (κ3) is 6.08. The zero-order valence-electron chi connectivity index (χ0n) is 10.4. The predicted molar refractivity (Wildman–Crippen MR) is 60.8 cm³/mol. The van der Waals surface area contributed by atoms with Crippen molar-refractivity contribution in [2.75, 3.05) is 33.4 Å². The average Bonchev–Trinajstić information content (AvgIpc) is 2.26. The number of hydrogen-bond donors (Lipinski definition) is 3. The number of carboxylic acid groups (broad SMARTS) is 1. The van der Waals surface area contributed by atoms with Crippen LogP contribution in [0.2, 0.25) is 0 Å². The minimum absolute atomic E-state index is 0.347. The highest BCUT2D eigenvalue weighted by Crippen LogP contribution is 2.01. The second-order valence-corrected chi connectivity index (χ2v) is 3.86. The number of aliphatic carboxylic acids is 1. The van der Waals surface area contributed by atoms with E-state index < -0.39 is 17.6 Å². The Hall–Kier alpha value is -1.34. The van der Waals surface area contributed by atoms with E-state index in [9.17, 15) is 14.7 Å². The molecular formula is C10H20N2O5. The largest absolute Gasteiger partial charge is 0.479 e. The molecule has 0 saturated carbocycles. The van der Waals surface area contributed by atoms with Crippen LogP contribution in [-0.2, 0) is 9.53 Å². The summed E-state index contributed by atoms with van der Waals surface area (Å²) in [6, 6.07) is -0.453. The topological polar surface area (TPSA) is 99.1 Å². The van der Waals surface area contributed by atoms with Crippen molar-refractivity contribution in [1.82, 2.24) is 10.2 Å². The van der Waals surface area contributed by atoms with Crippen molar-refractivity contribution >= 4 is 12.0 Å². The molecule has 100 valence electrons. The molecular weight excluding hydrogens is 228 g/mol. The van der Waals surface area contributed by atoms with Gasteiger partial charge >= 0.3 is 12.0 Å². The number of carbonyl (C=O) groups is 2. The fourth-order valence-corrected chi connectivity index (χ4v) is 0.906. The maximum Gasteiger partial charge on any atom is 0.337 e. The molecule has 0 aromatic heterocycles. The molecule has 0 rings (SSSR count). The minimum Gasteiger partial charge on any atom is -0.479 e. The zero-order chi connectivity index (χ0) is 13.5. The number of urea groups is 1. The van der Waals surface area contributed by atoms with Crippen LogP contribution in [-0.4, -0.2) is 66.1 Å². The molecule has 0 spiro atoms. The van der Waals surface area contributed by atoms with Crippen LogP contribution < -0.4 is 5.32 Å². The molecule has 1 unspecified atom stereocenters. The van der Waals surface area contributed by atoms with Crippen molar-refractivity contribution in [2.24, 2.45) is 0 Å². The fraction of sp³-hybridized carbons (Fsp3) is 0.800. The van der Waals surface area contributed by atoms with E-state index in [1.54, 1.807) is 7.05 Å². The third-order valence-corrected chi connectivity index (χ3v) is 2.17. The highest BCUT2D eigenvalue weighted by Gasteiger charge is 2.30. The lowest BCUT2D eigenvalue weighted by atomic mass is 10.1. The number of ether oxygens (including phenoxy) is 1. The molecule has 0 aromatic carbocycles. The molecule has 0 saturated heterocycles. The molecule has 0 fully saturated rings. The summed E-state index contributed by atoms with van der Waals surface area (Å²) in [5.74, 6) is -1.38. The molecule has 2 amide bonds. The number of hydrogen-bond acceptors (Lipinski definition) is 4. The molecule has 0 aliphatic heterocycles. The number of nitrogens with one attached hydrogen (secondary N) is 1. The molecule has 7 nitrogen and oxygen atoms in total. The first kappa shape index (κ1) is 15.7. The monoisotopic (exact) mass is 248 g/mol. The van der Waals surface area contributed by atoms with E-state index in [1.165, 1.54) is 4.90 Å². The van der Waals surface area contributed by atoms with E-state index >= 15 is 0 Å². The number of likely N-dealkylation sites (N-methyl/N-ethyl adjacent to an activating group) is 1. The van der Waals surface area contributed by atoms with Gasteiger partial charge < -0.3 is 25.2 Å². The van der Waals surface area contributed by atoms with E-state index in [2.05, 4.69) is 5.32 Å². The molecule has 0 heterocycles. The quantitative estimate of drug-likeness (QED) is 0.527. The van der Waals surface area contributed by atoms with Crippen LogP contribution in [0.25, 0.3) is 0 Å². The number of aliphatic hydroxyl groups is 1. The van der Waals surface area contributed by atoms with Gasteiger partial charge in [-0.3, -0.25) is 0 Å². The molecule has 7 heteroatoms. The maximum absolute atomic E-state index is 11.5. The first-order chi connectivity index (χ1) is 7.81. The number of rotatable bonds is 7. The second kappa shape index (κ2) is 7.08. The Morgan fingerprint density at radius 1 is 1.47 bits per heavy atom. The Kier molecular flexibility index (Phi) is 6.52. The van der Waals surface area contributed by atoms with Crippen LogP contribution in [0.15, 0.2) is 0 Å². The number of amides is 2. The zero-order valence-corrected chi connectivity index (χ0v) is 10.4. The highest BCUT2D eigenvalue weighted by atomic mass is 16.5. The van der Waals surface area contributed by atoms with E-state index in [-0.39, 0.29) is 6.54 Å². The second-order valence-electron chi connectivity index (χ2n) is 3.86. The summed E-state index contributed by atoms with van der Waals surface area (Å²) in [4.78, 5) is 23.4. The van der Waals surface area contributed by atoms with Gasteiger partial charge in [-0.1, -0.05) is 0 Å². The first-order valence-corrected chi connectivity index (χ1v) is 5.33. The summed E-state index contributed by atoms with van der Waals surface area (Å²) in [5.41, 5.74) is -1.96. The van der Waals surface area contributed by atoms with Crippen LogP contribution in [0.4, 0.5) is 4.79 Å². The van der Waals surface area contributed by atoms with Gasteiger partial charge in [0.25, 0.3) is 0 Å². The lowest BCUT2D eigenvalue weighted by Gasteiger charge is -2.22. The summed E-state index contributed by atoms with van der Waals surface area (Å²) < 4.78 is 5.07. The fourth-order valence-electron chi connectivity index (χ4n) is 0.906. The summed E-state index contributed by atoms with van der Waals surface area (Å²) in [6.07, 6.45) is 0. The smallest absolute Gasteiger partial charge is 0.337 e. The van der Waals surface area contributed by atoms with E-state index in [1.807, 2.05) is 6.92 Å². The van der Waals surface area contributed by atoms with Gasteiger partial charge in [0, 0.05) is 20.2 Å². The van der Waals surface area contributed by atoms with Gasteiger partial charge in [-0.25, -0.2) is 9.59 Å². The highest BCUT2D eigenvalue weighted by molar-refractivity contribution is 5.79. The van der Waals surface area contributed by atoms with Crippen molar-refractivity contribution < 1.29 is 24.5 Å². The van der Waals surface area contributed by atoms with Crippen molar-refractivity contribution in [2.45, 2.75) is 19.4 Å². The van der Waals surface area contributed by atoms with Crippen LogP contribution in [0, 0.1) is 0 Å². The molecule has 0 aliphatic carbocycles. The minimum atomic E-state index is -1.96. The van der Waals surface area contributed by atoms with Crippen LogP contribution in [0.3, 0.4) is 0 Å². The van der Waals surface area contributed by atoms with Gasteiger partial charge in [-0.2, -0.15) is 0 Å². The van der Waals surface area contributed by atoms with Crippen molar-refractivity contribution in [1.29, 1.82) is 0 Å². The summed E-state index contributed by atoms with van der Waals surface area (Å²) in [5, 5.41) is 20.3. The van der Waals surface area contributed by atoms with Crippen LogP contribution >= 0.6 is 0 Å². The van der Waals surface area contributed by atoms with E-state index in [0.29, 0.717) is 19.8 Å². The molecule has 0 aromatic rings. The molecule has 1 atom stereocenters. The van der Waals surface area contributed by atoms with Gasteiger partial charge in [0.15, 0.2) is 5.60 Å². The molecule has 3 N–H and O–H groups in total. The van der Waals surface area contributed by atoms with Crippen molar-refractivity contribution in [3.63, 3.8) is 0 Å². The Balaban J connectivity index is 3.97. The molecule has 0 aliphatic rings. The predicted octanol–water partition coefficient (Wildman–Crippen LogP) is -0.500. The molecule has 0 radical (unpaired) electrons. The Labute approximate surface area is 100 Å². The number of carboxylic acids is 1. The van der Waals surface area contributed by atoms with Gasteiger partial charge in [0.05, 0.1) is 13.2 Å². The molecule has 0 bridgehead atoms. The Morgan fingerprint density at radius 2 is 2.06 bits per heavy atom. The van der Waals surface area contributed by atoms with Crippen LogP contribution in [0.5, 0.6) is 0 Å². The standard InChI is InChI=1S/C10H20N2O5/c1-4-17-6-5-12(3)9(15)11-7-10(2,16)8(13)14/h16H,4-7H2,1-3H3,(H,11,15)(H,13,14). The lowest BCUT2D eigenvalue weighted by molar-refractivity contribution is -0.155. The van der Waals surface area contributed by atoms with E-state index in [4.69, 9.17) is 9.84 Å². The van der Waals surface area contributed by atoms with Gasteiger partial charge in [-0.15, -0.1) is 0 Å². The maximum atomic E-state index is 11.5. The average molecular weight is 248 g/mol. The summed E-state index contributed by atoms with van der Waals surface area (Å²) in [6.45, 7) is 4.01.